The highest BCUT2D eigenvalue weighted by Gasteiger charge is 2.42. The first kappa shape index (κ1) is 29.8. The Morgan fingerprint density at radius 3 is 2.49 bits per heavy atom. The molecule has 0 N–H and O–H groups in total. The van der Waals surface area contributed by atoms with E-state index in [-0.39, 0.29) is 23.7 Å². The molecule has 0 radical (unpaired) electrons. The third kappa shape index (κ3) is 6.19. The Hall–Kier alpha value is -3.85. The molecule has 0 bridgehead atoms. The van der Waals surface area contributed by atoms with Gasteiger partial charge in [-0.05, 0) is 55.5 Å². The Kier molecular flexibility index (Phi) is 8.06. The van der Waals surface area contributed by atoms with Crippen molar-refractivity contribution in [1.29, 1.82) is 0 Å². The van der Waals surface area contributed by atoms with Gasteiger partial charge in [-0.3, -0.25) is 14.6 Å². The highest BCUT2D eigenvalue weighted by molar-refractivity contribution is 7.14. The topological polar surface area (TPSA) is 88.0 Å². The first-order valence-electron chi connectivity index (χ1n) is 16.4. The van der Waals surface area contributed by atoms with Crippen molar-refractivity contribution in [3.63, 3.8) is 0 Å². The van der Waals surface area contributed by atoms with Gasteiger partial charge in [-0.2, -0.15) is 0 Å². The highest BCUT2D eigenvalue weighted by Crippen LogP contribution is 2.40. The molecular formula is C36H41N5O3S. The van der Waals surface area contributed by atoms with Gasteiger partial charge in [-0.1, -0.05) is 51.2 Å². The number of allylic oxidation sites excluding steroid dienone is 1. The molecule has 3 aromatic rings. The van der Waals surface area contributed by atoms with Crippen molar-refractivity contribution in [3.05, 3.63) is 58.6 Å². The van der Waals surface area contributed by atoms with Crippen LogP contribution in [0.3, 0.4) is 0 Å². The van der Waals surface area contributed by atoms with E-state index < -0.39 is 0 Å². The van der Waals surface area contributed by atoms with Gasteiger partial charge in [0.15, 0.2) is 0 Å². The van der Waals surface area contributed by atoms with Gasteiger partial charge >= 0.3 is 0 Å². The molecular weight excluding hydrogens is 582 g/mol. The van der Waals surface area contributed by atoms with Crippen molar-refractivity contribution in [1.82, 2.24) is 20.0 Å². The molecule has 2 aromatic carbocycles. The number of carbonyl (C=O) groups excluding carboxylic acids is 2. The number of amides is 2. The minimum atomic E-state index is 0.121. The fourth-order valence-corrected chi connectivity index (χ4v) is 7.59. The minimum absolute atomic E-state index is 0.121. The van der Waals surface area contributed by atoms with Crippen LogP contribution in [0, 0.1) is 17.8 Å². The van der Waals surface area contributed by atoms with E-state index in [1.54, 1.807) is 11.3 Å². The van der Waals surface area contributed by atoms with E-state index in [0.717, 1.165) is 70.5 Å². The monoisotopic (exact) mass is 623 g/mol. The van der Waals surface area contributed by atoms with Crippen molar-refractivity contribution < 1.29 is 14.3 Å². The van der Waals surface area contributed by atoms with Crippen LogP contribution in [0.1, 0.15) is 81.9 Å². The largest absolute Gasteiger partial charge is 0.457 e. The summed E-state index contributed by atoms with van der Waals surface area (Å²) in [6.45, 7) is 10.5. The Balaban J connectivity index is 1.22. The van der Waals surface area contributed by atoms with E-state index in [0.29, 0.717) is 48.8 Å². The zero-order valence-electron chi connectivity index (χ0n) is 26.5. The lowest BCUT2D eigenvalue weighted by Crippen LogP contribution is -2.29. The van der Waals surface area contributed by atoms with Gasteiger partial charge in [-0.25, -0.2) is 0 Å². The lowest BCUT2D eigenvalue weighted by atomic mass is 9.89. The first-order valence-corrected chi connectivity index (χ1v) is 17.2. The van der Waals surface area contributed by atoms with Gasteiger partial charge in [0.05, 0.1) is 5.69 Å². The molecule has 45 heavy (non-hydrogen) atoms. The van der Waals surface area contributed by atoms with E-state index in [4.69, 9.17) is 9.73 Å². The highest BCUT2D eigenvalue weighted by atomic mass is 32.1. The van der Waals surface area contributed by atoms with E-state index in [2.05, 4.69) is 61.0 Å². The lowest BCUT2D eigenvalue weighted by Gasteiger charge is -2.21. The number of benzene rings is 2. The molecule has 3 aliphatic heterocycles. The summed E-state index contributed by atoms with van der Waals surface area (Å²) in [5.41, 5.74) is 4.91. The van der Waals surface area contributed by atoms with Crippen LogP contribution in [0.4, 0.5) is 5.69 Å². The second kappa shape index (κ2) is 12.2. The van der Waals surface area contributed by atoms with E-state index in [1.807, 2.05) is 35.2 Å². The van der Waals surface area contributed by atoms with Gasteiger partial charge in [0.25, 0.3) is 0 Å². The van der Waals surface area contributed by atoms with Crippen molar-refractivity contribution in [2.24, 2.45) is 22.7 Å². The van der Waals surface area contributed by atoms with E-state index >= 15 is 0 Å². The molecule has 8 nitrogen and oxygen atoms in total. The summed E-state index contributed by atoms with van der Waals surface area (Å²) in [4.78, 5) is 35.0. The molecule has 3 unspecified atom stereocenters. The third-order valence-electron chi connectivity index (χ3n) is 9.38. The molecule has 0 spiro atoms. The number of likely N-dealkylation sites (tertiary alicyclic amines) is 2. The molecule has 9 heteroatoms. The molecule has 3 fully saturated rings. The minimum Gasteiger partial charge on any atom is -0.457 e. The maximum atomic E-state index is 12.9. The Morgan fingerprint density at radius 1 is 1.02 bits per heavy atom. The predicted octanol–water partition coefficient (Wildman–Crippen LogP) is 7.63. The summed E-state index contributed by atoms with van der Waals surface area (Å²) in [5, 5.41) is 10.6. The van der Waals surface area contributed by atoms with Crippen LogP contribution >= 0.6 is 11.3 Å². The molecule has 4 aliphatic rings. The predicted molar refractivity (Wildman–Crippen MR) is 178 cm³/mol. The third-order valence-corrected chi connectivity index (χ3v) is 10.7. The summed E-state index contributed by atoms with van der Waals surface area (Å²) in [6, 6.07) is 12.5. The average molecular weight is 624 g/mol. The molecule has 4 heterocycles. The van der Waals surface area contributed by atoms with Crippen LogP contribution in [0.25, 0.3) is 16.6 Å². The van der Waals surface area contributed by atoms with Crippen molar-refractivity contribution in [2.45, 2.75) is 78.3 Å². The summed E-state index contributed by atoms with van der Waals surface area (Å²) < 4.78 is 6.58. The molecule has 3 atom stereocenters. The SMILES string of the molecule is CCC1C=Cc2cc(CN3CC(C)CC3=O)c(Oc3ccc(-c4nnc(C(C)C)s4)cc3)cc2N=C1C1CC(=O)N(C2CC2)C1. The summed E-state index contributed by atoms with van der Waals surface area (Å²) in [6.07, 6.45) is 8.69. The standard InChI is InChI=1S/C36H41N5O3S/c1-5-23-6-7-25-15-26(19-40-18-22(4)14-32(40)42)31(17-30(25)37-34(23)27-16-33(43)41(20-27)28-10-11-28)44-29-12-8-24(9-13-29)36-39-38-35(45-36)21(2)3/h6-9,12-13,15,17,21-23,27-28H,5,10-11,14,16,18-20H2,1-4H3. The van der Waals surface area contributed by atoms with Crippen LogP contribution in [0.5, 0.6) is 11.5 Å². The van der Waals surface area contributed by atoms with Crippen LogP contribution < -0.4 is 4.74 Å². The molecule has 234 valence electrons. The number of aliphatic imine (C=N–C) groups is 1. The molecule has 1 aromatic heterocycles. The number of ether oxygens (including phenoxy) is 1. The number of fused-ring (bicyclic) bond motifs is 1. The van der Waals surface area contributed by atoms with Crippen molar-refractivity contribution >= 4 is 40.6 Å². The zero-order valence-corrected chi connectivity index (χ0v) is 27.3. The van der Waals surface area contributed by atoms with Gasteiger partial charge in [0.2, 0.25) is 11.8 Å². The molecule has 7 rings (SSSR count). The number of nitrogens with zero attached hydrogens (tertiary/aromatic N) is 5. The smallest absolute Gasteiger partial charge is 0.223 e. The molecule has 1 saturated carbocycles. The number of hydrogen-bond acceptors (Lipinski definition) is 7. The van der Waals surface area contributed by atoms with E-state index in [1.165, 1.54) is 0 Å². The van der Waals surface area contributed by atoms with Gasteiger partial charge < -0.3 is 14.5 Å². The second-order valence-corrected chi connectivity index (χ2v) is 14.4. The number of aromatic nitrogens is 2. The summed E-state index contributed by atoms with van der Waals surface area (Å²) in [7, 11) is 0. The summed E-state index contributed by atoms with van der Waals surface area (Å²) >= 11 is 1.61. The maximum Gasteiger partial charge on any atom is 0.223 e. The quantitative estimate of drug-likeness (QED) is 0.245. The normalized spacial score (nSPS) is 23.1. The number of hydrogen-bond donors (Lipinski definition) is 0. The number of rotatable bonds is 9. The van der Waals surface area contributed by atoms with Gasteiger partial charge in [-0.15, -0.1) is 10.2 Å². The number of carbonyl (C=O) groups is 2. The fourth-order valence-electron chi connectivity index (χ4n) is 6.74. The van der Waals surface area contributed by atoms with Crippen LogP contribution in [-0.2, 0) is 16.1 Å². The first-order chi connectivity index (χ1) is 21.7. The molecule has 2 saturated heterocycles. The van der Waals surface area contributed by atoms with Crippen molar-refractivity contribution in [2.75, 3.05) is 13.1 Å². The molecule has 1 aliphatic carbocycles. The van der Waals surface area contributed by atoms with Gasteiger partial charge in [0.1, 0.15) is 21.5 Å². The second-order valence-electron chi connectivity index (χ2n) is 13.4. The maximum absolute atomic E-state index is 12.9. The Labute approximate surface area is 269 Å². The Morgan fingerprint density at radius 2 is 1.82 bits per heavy atom. The fraction of sp³-hybridized carbons (Fsp3) is 0.472. The average Bonchev–Trinajstić information content (AvgIpc) is 3.52. The van der Waals surface area contributed by atoms with Crippen LogP contribution in [0.15, 0.2) is 47.5 Å². The molecule has 2 amide bonds. The Bertz CT molecular complexity index is 1670. The van der Waals surface area contributed by atoms with Crippen LogP contribution in [-0.4, -0.2) is 56.7 Å². The zero-order chi connectivity index (χ0) is 31.2. The lowest BCUT2D eigenvalue weighted by molar-refractivity contribution is -0.129. The summed E-state index contributed by atoms with van der Waals surface area (Å²) in [5.74, 6) is 2.81. The van der Waals surface area contributed by atoms with Crippen LogP contribution in [0.2, 0.25) is 0 Å². The van der Waals surface area contributed by atoms with E-state index in [9.17, 15) is 9.59 Å². The van der Waals surface area contributed by atoms with Crippen molar-refractivity contribution in [3.8, 4) is 22.1 Å². The van der Waals surface area contributed by atoms with Gasteiger partial charge in [0, 0.05) is 84.7 Å².